The summed E-state index contributed by atoms with van der Waals surface area (Å²) in [6, 6.07) is 2.95. The Morgan fingerprint density at radius 3 is 2.88 bits per heavy atom. The van der Waals surface area contributed by atoms with E-state index in [0.717, 1.165) is 12.8 Å². The van der Waals surface area contributed by atoms with Crippen LogP contribution in [0.15, 0.2) is 18.3 Å². The van der Waals surface area contributed by atoms with E-state index in [1.165, 1.54) is 18.3 Å². The van der Waals surface area contributed by atoms with Crippen molar-refractivity contribution in [3.63, 3.8) is 0 Å². The van der Waals surface area contributed by atoms with Gasteiger partial charge in [0.25, 0.3) is 0 Å². The second kappa shape index (κ2) is 4.30. The third-order valence-corrected chi connectivity index (χ3v) is 2.47. The summed E-state index contributed by atoms with van der Waals surface area (Å²) in [6.45, 7) is 0. The first-order chi connectivity index (χ1) is 7.66. The lowest BCUT2D eigenvalue weighted by Gasteiger charge is -2.06. The fourth-order valence-corrected chi connectivity index (χ4v) is 1.44. The lowest BCUT2D eigenvalue weighted by atomic mass is 10.2. The Kier molecular flexibility index (Phi) is 2.85. The molecule has 0 atom stereocenters. The van der Waals surface area contributed by atoms with E-state index in [1.807, 2.05) is 0 Å². The van der Waals surface area contributed by atoms with Crippen molar-refractivity contribution in [2.75, 3.05) is 5.32 Å². The van der Waals surface area contributed by atoms with Crippen molar-refractivity contribution in [1.82, 2.24) is 4.98 Å². The van der Waals surface area contributed by atoms with Gasteiger partial charge in [-0.1, -0.05) is 0 Å². The molecule has 1 fully saturated rings. The molecule has 1 saturated carbocycles. The van der Waals surface area contributed by atoms with E-state index in [-0.39, 0.29) is 17.3 Å². The van der Waals surface area contributed by atoms with Gasteiger partial charge in [0, 0.05) is 12.6 Å². The molecule has 5 heteroatoms. The first kappa shape index (κ1) is 10.6. The number of carbonyl (C=O) groups is 2. The van der Waals surface area contributed by atoms with Gasteiger partial charge in [-0.2, -0.15) is 0 Å². The Morgan fingerprint density at radius 1 is 1.50 bits per heavy atom. The molecule has 0 aromatic carbocycles. The van der Waals surface area contributed by atoms with E-state index < -0.39 is 5.97 Å². The van der Waals surface area contributed by atoms with Crippen LogP contribution in [0.3, 0.4) is 0 Å². The highest BCUT2D eigenvalue weighted by Crippen LogP contribution is 2.32. The number of aromatic nitrogens is 1. The topological polar surface area (TPSA) is 79.3 Å². The number of carboxylic acid groups (broad SMARTS) is 1. The summed E-state index contributed by atoms with van der Waals surface area (Å²) >= 11 is 0. The van der Waals surface area contributed by atoms with E-state index in [1.54, 1.807) is 0 Å². The predicted molar refractivity (Wildman–Crippen MR) is 57.2 cm³/mol. The number of rotatable bonds is 4. The molecule has 1 amide bonds. The molecular weight excluding hydrogens is 208 g/mol. The predicted octanol–water partition coefficient (Wildman–Crippen LogP) is 1.52. The fraction of sp³-hybridized carbons (Fsp3) is 0.364. The molecule has 1 aliphatic carbocycles. The Bertz CT molecular complexity index is 427. The van der Waals surface area contributed by atoms with Crippen molar-refractivity contribution in [3.8, 4) is 0 Å². The van der Waals surface area contributed by atoms with Crippen molar-refractivity contribution in [2.45, 2.75) is 19.3 Å². The molecule has 84 valence electrons. The van der Waals surface area contributed by atoms with E-state index >= 15 is 0 Å². The summed E-state index contributed by atoms with van der Waals surface area (Å²) in [5.41, 5.74) is 0.0200. The number of nitrogens with one attached hydrogen (secondary N) is 1. The van der Waals surface area contributed by atoms with Crippen LogP contribution in [0, 0.1) is 5.92 Å². The highest BCUT2D eigenvalue weighted by atomic mass is 16.4. The molecular formula is C11H12N2O3. The van der Waals surface area contributed by atoms with Crippen LogP contribution in [0.4, 0.5) is 5.82 Å². The van der Waals surface area contributed by atoms with Crippen LogP contribution in [0.25, 0.3) is 0 Å². The number of hydrogen-bond donors (Lipinski definition) is 2. The van der Waals surface area contributed by atoms with Gasteiger partial charge in [-0.15, -0.1) is 0 Å². The van der Waals surface area contributed by atoms with E-state index in [2.05, 4.69) is 10.3 Å². The van der Waals surface area contributed by atoms with Crippen LogP contribution in [-0.2, 0) is 4.79 Å². The number of anilines is 1. The quantitative estimate of drug-likeness (QED) is 0.806. The summed E-state index contributed by atoms with van der Waals surface area (Å²) in [5.74, 6) is -0.656. The molecule has 1 aromatic heterocycles. The summed E-state index contributed by atoms with van der Waals surface area (Å²) in [7, 11) is 0. The first-order valence-electron chi connectivity index (χ1n) is 5.15. The van der Waals surface area contributed by atoms with Crippen molar-refractivity contribution in [1.29, 1.82) is 0 Å². The zero-order chi connectivity index (χ0) is 11.5. The Hall–Kier alpha value is -1.91. The molecule has 1 heterocycles. The highest BCUT2D eigenvalue weighted by Gasteiger charge is 2.25. The smallest absolute Gasteiger partial charge is 0.339 e. The Morgan fingerprint density at radius 2 is 2.25 bits per heavy atom. The van der Waals surface area contributed by atoms with E-state index in [4.69, 9.17) is 5.11 Å². The maximum Gasteiger partial charge on any atom is 0.339 e. The van der Waals surface area contributed by atoms with Gasteiger partial charge < -0.3 is 10.4 Å². The maximum absolute atomic E-state index is 11.5. The lowest BCUT2D eigenvalue weighted by Crippen LogP contribution is -2.16. The zero-order valence-electron chi connectivity index (χ0n) is 8.64. The zero-order valence-corrected chi connectivity index (χ0v) is 8.64. The molecule has 16 heavy (non-hydrogen) atoms. The van der Waals surface area contributed by atoms with Gasteiger partial charge in [0.2, 0.25) is 5.91 Å². The lowest BCUT2D eigenvalue weighted by molar-refractivity contribution is -0.116. The van der Waals surface area contributed by atoms with Crippen LogP contribution < -0.4 is 5.32 Å². The first-order valence-corrected chi connectivity index (χ1v) is 5.15. The maximum atomic E-state index is 11.5. The molecule has 0 spiro atoms. The van der Waals surface area contributed by atoms with E-state index in [0.29, 0.717) is 12.3 Å². The molecule has 5 nitrogen and oxygen atoms in total. The molecule has 0 bridgehead atoms. The Balaban J connectivity index is 2.07. The molecule has 1 aromatic rings. The SMILES string of the molecule is O=C(CC1CC1)Nc1ncccc1C(=O)O. The minimum atomic E-state index is -1.09. The van der Waals surface area contributed by atoms with Crippen molar-refractivity contribution in [2.24, 2.45) is 5.92 Å². The summed E-state index contributed by atoms with van der Waals surface area (Å²) in [6.07, 6.45) is 4.08. The van der Waals surface area contributed by atoms with Gasteiger partial charge in [-0.25, -0.2) is 9.78 Å². The van der Waals surface area contributed by atoms with Crippen LogP contribution in [0.5, 0.6) is 0 Å². The van der Waals surface area contributed by atoms with Crippen LogP contribution in [-0.4, -0.2) is 22.0 Å². The van der Waals surface area contributed by atoms with Crippen molar-refractivity contribution >= 4 is 17.7 Å². The van der Waals surface area contributed by atoms with Crippen LogP contribution in [0.1, 0.15) is 29.6 Å². The molecule has 2 N–H and O–H groups in total. The fourth-order valence-electron chi connectivity index (χ4n) is 1.44. The van der Waals surface area contributed by atoms with Gasteiger partial charge in [0.05, 0.1) is 0 Å². The van der Waals surface area contributed by atoms with Crippen molar-refractivity contribution in [3.05, 3.63) is 23.9 Å². The molecule has 0 unspecified atom stereocenters. The monoisotopic (exact) mass is 220 g/mol. The second-order valence-corrected chi connectivity index (χ2v) is 3.90. The summed E-state index contributed by atoms with van der Waals surface area (Å²) in [4.78, 5) is 26.2. The summed E-state index contributed by atoms with van der Waals surface area (Å²) in [5, 5.41) is 11.4. The van der Waals surface area contributed by atoms with Gasteiger partial charge in [-0.05, 0) is 30.9 Å². The van der Waals surface area contributed by atoms with Gasteiger partial charge in [0.15, 0.2) is 0 Å². The van der Waals surface area contributed by atoms with E-state index in [9.17, 15) is 9.59 Å². The molecule has 0 saturated heterocycles. The molecule has 1 aliphatic rings. The number of carboxylic acids is 1. The third-order valence-electron chi connectivity index (χ3n) is 2.47. The average molecular weight is 220 g/mol. The van der Waals surface area contributed by atoms with Gasteiger partial charge in [-0.3, -0.25) is 4.79 Å². The minimum Gasteiger partial charge on any atom is -0.478 e. The molecule has 2 rings (SSSR count). The number of aromatic carboxylic acids is 1. The molecule has 0 radical (unpaired) electrons. The van der Waals surface area contributed by atoms with Gasteiger partial charge in [0.1, 0.15) is 11.4 Å². The largest absolute Gasteiger partial charge is 0.478 e. The van der Waals surface area contributed by atoms with Crippen LogP contribution in [0.2, 0.25) is 0 Å². The molecule has 0 aliphatic heterocycles. The third kappa shape index (κ3) is 2.56. The normalized spacial score (nSPS) is 14.5. The van der Waals surface area contributed by atoms with Crippen LogP contribution >= 0.6 is 0 Å². The number of nitrogens with zero attached hydrogens (tertiary/aromatic N) is 1. The standard InChI is InChI=1S/C11H12N2O3/c14-9(6-7-3-4-7)13-10-8(11(15)16)2-1-5-12-10/h1-2,5,7H,3-4,6H2,(H,15,16)(H,12,13,14). The Labute approximate surface area is 92.5 Å². The summed E-state index contributed by atoms with van der Waals surface area (Å²) < 4.78 is 0. The number of hydrogen-bond acceptors (Lipinski definition) is 3. The average Bonchev–Trinajstić information content (AvgIpc) is 3.02. The number of pyridine rings is 1. The second-order valence-electron chi connectivity index (χ2n) is 3.90. The van der Waals surface area contributed by atoms with Crippen molar-refractivity contribution < 1.29 is 14.7 Å². The highest BCUT2D eigenvalue weighted by molar-refractivity contribution is 5.99. The van der Waals surface area contributed by atoms with Gasteiger partial charge >= 0.3 is 5.97 Å². The number of carbonyl (C=O) groups excluding carboxylic acids is 1. The minimum absolute atomic E-state index is 0.0200. The number of amides is 1.